The van der Waals surface area contributed by atoms with E-state index in [1.165, 1.54) is 4.70 Å². The second-order valence-corrected chi connectivity index (χ2v) is 4.86. The lowest BCUT2D eigenvalue weighted by atomic mass is 10.3. The van der Waals surface area contributed by atoms with Crippen LogP contribution in [-0.2, 0) is 4.79 Å². The summed E-state index contributed by atoms with van der Waals surface area (Å²) < 4.78 is 1.18. The molecule has 0 spiro atoms. The van der Waals surface area contributed by atoms with Crippen molar-refractivity contribution in [2.75, 3.05) is 25.0 Å². The molecule has 0 saturated carbocycles. The molecule has 5 heteroatoms. The van der Waals surface area contributed by atoms with Gasteiger partial charge in [0, 0.05) is 29.4 Å². The van der Waals surface area contributed by atoms with Gasteiger partial charge in [0.05, 0.1) is 6.54 Å². The lowest BCUT2D eigenvalue weighted by Gasteiger charge is -2.19. The average Bonchev–Trinajstić information content (AvgIpc) is 2.86. The highest BCUT2D eigenvalue weighted by atomic mass is 32.1. The van der Waals surface area contributed by atoms with Gasteiger partial charge in [0.15, 0.2) is 0 Å². The number of carbonyl (C=O) groups excluding carboxylic acids is 1. The predicted molar refractivity (Wildman–Crippen MR) is 76.0 cm³/mol. The molecule has 1 N–H and O–H groups in total. The zero-order valence-corrected chi connectivity index (χ0v) is 11.5. The van der Waals surface area contributed by atoms with E-state index in [0.29, 0.717) is 6.54 Å². The Hall–Kier alpha value is -1.62. The van der Waals surface area contributed by atoms with Crippen LogP contribution < -0.4 is 5.32 Å². The Morgan fingerprint density at radius 1 is 1.39 bits per heavy atom. The lowest BCUT2D eigenvalue weighted by molar-refractivity contribution is -0.128. The highest BCUT2D eigenvalue weighted by molar-refractivity contribution is 7.17. The Balaban J connectivity index is 2.06. The molecule has 2 aromatic heterocycles. The van der Waals surface area contributed by atoms with Crippen molar-refractivity contribution in [3.05, 3.63) is 23.7 Å². The number of aromatic nitrogens is 1. The number of likely N-dealkylation sites (N-methyl/N-ethyl adjacent to an activating group) is 1. The topological polar surface area (TPSA) is 45.2 Å². The van der Waals surface area contributed by atoms with Gasteiger partial charge in [-0.1, -0.05) is 0 Å². The highest BCUT2D eigenvalue weighted by Crippen LogP contribution is 2.25. The van der Waals surface area contributed by atoms with Crippen LogP contribution >= 0.6 is 11.3 Å². The van der Waals surface area contributed by atoms with Gasteiger partial charge in [-0.15, -0.1) is 11.3 Å². The van der Waals surface area contributed by atoms with Crippen molar-refractivity contribution < 1.29 is 4.79 Å². The largest absolute Gasteiger partial charge is 0.360 e. The first-order chi connectivity index (χ1) is 8.76. The molecule has 0 aliphatic rings. The fourth-order valence-corrected chi connectivity index (χ4v) is 2.66. The van der Waals surface area contributed by atoms with Gasteiger partial charge in [0.25, 0.3) is 0 Å². The fraction of sp³-hybridized carbons (Fsp3) is 0.385. The Morgan fingerprint density at radius 3 is 2.89 bits per heavy atom. The van der Waals surface area contributed by atoms with Crippen LogP contribution in [0.3, 0.4) is 0 Å². The standard InChI is InChI=1S/C13H17N3OS/c1-3-16(4-2)12(17)9-15-13-10-6-8-18-11(10)5-7-14-13/h5-8H,3-4,9H2,1-2H3,(H,14,15). The van der Waals surface area contributed by atoms with Crippen LogP contribution in [-0.4, -0.2) is 35.4 Å². The maximum Gasteiger partial charge on any atom is 0.241 e. The first-order valence-corrected chi connectivity index (χ1v) is 6.98. The number of hydrogen-bond donors (Lipinski definition) is 1. The van der Waals surface area contributed by atoms with Crippen molar-refractivity contribution in [3.8, 4) is 0 Å². The Bertz CT molecular complexity index is 534. The van der Waals surface area contributed by atoms with Crippen LogP contribution in [0, 0.1) is 0 Å². The van der Waals surface area contributed by atoms with Gasteiger partial charge in [-0.25, -0.2) is 4.98 Å². The van der Waals surface area contributed by atoms with E-state index in [1.54, 1.807) is 22.4 Å². The first kappa shape index (κ1) is 12.8. The lowest BCUT2D eigenvalue weighted by Crippen LogP contribution is -2.35. The SMILES string of the molecule is CCN(CC)C(=O)CNc1nccc2sccc12. The van der Waals surface area contributed by atoms with Crippen molar-refractivity contribution in [2.24, 2.45) is 0 Å². The van der Waals surface area contributed by atoms with E-state index in [1.807, 2.05) is 31.4 Å². The van der Waals surface area contributed by atoms with Gasteiger partial charge in [0.1, 0.15) is 5.82 Å². The molecule has 4 nitrogen and oxygen atoms in total. The van der Waals surface area contributed by atoms with Crippen LogP contribution in [0.25, 0.3) is 10.1 Å². The van der Waals surface area contributed by atoms with Gasteiger partial charge < -0.3 is 10.2 Å². The molecule has 0 bridgehead atoms. The maximum absolute atomic E-state index is 11.9. The van der Waals surface area contributed by atoms with Gasteiger partial charge in [-0.2, -0.15) is 0 Å². The van der Waals surface area contributed by atoms with E-state index < -0.39 is 0 Å². The minimum atomic E-state index is 0.106. The molecule has 0 aliphatic carbocycles. The number of anilines is 1. The number of carbonyl (C=O) groups is 1. The average molecular weight is 263 g/mol. The molecule has 2 rings (SSSR count). The van der Waals surface area contributed by atoms with E-state index in [0.717, 1.165) is 24.3 Å². The van der Waals surface area contributed by atoms with Crippen molar-refractivity contribution >= 4 is 33.1 Å². The zero-order chi connectivity index (χ0) is 13.0. The summed E-state index contributed by atoms with van der Waals surface area (Å²) in [5, 5.41) is 6.24. The van der Waals surface area contributed by atoms with Crippen molar-refractivity contribution in [2.45, 2.75) is 13.8 Å². The van der Waals surface area contributed by atoms with Crippen LogP contribution in [0.2, 0.25) is 0 Å². The molecule has 96 valence electrons. The minimum Gasteiger partial charge on any atom is -0.360 e. The third-order valence-corrected chi connectivity index (χ3v) is 3.79. The highest BCUT2D eigenvalue weighted by Gasteiger charge is 2.10. The van der Waals surface area contributed by atoms with Gasteiger partial charge in [0.2, 0.25) is 5.91 Å². The Labute approximate surface area is 111 Å². The molecular formula is C13H17N3OS. The Morgan fingerprint density at radius 2 is 2.17 bits per heavy atom. The van der Waals surface area contributed by atoms with Crippen molar-refractivity contribution in [3.63, 3.8) is 0 Å². The van der Waals surface area contributed by atoms with E-state index in [-0.39, 0.29) is 5.91 Å². The summed E-state index contributed by atoms with van der Waals surface area (Å²) in [6, 6.07) is 4.01. The van der Waals surface area contributed by atoms with E-state index in [4.69, 9.17) is 0 Å². The number of amides is 1. The van der Waals surface area contributed by atoms with Crippen molar-refractivity contribution in [1.29, 1.82) is 0 Å². The van der Waals surface area contributed by atoms with E-state index >= 15 is 0 Å². The van der Waals surface area contributed by atoms with Crippen LogP contribution in [0.15, 0.2) is 23.7 Å². The van der Waals surface area contributed by atoms with E-state index in [2.05, 4.69) is 10.3 Å². The monoisotopic (exact) mass is 263 g/mol. The molecule has 0 fully saturated rings. The summed E-state index contributed by atoms with van der Waals surface area (Å²) in [6.07, 6.45) is 1.77. The third-order valence-electron chi connectivity index (χ3n) is 2.90. The molecule has 0 radical (unpaired) electrons. The minimum absolute atomic E-state index is 0.106. The molecular weight excluding hydrogens is 246 g/mol. The molecule has 1 amide bonds. The number of hydrogen-bond acceptors (Lipinski definition) is 4. The van der Waals surface area contributed by atoms with E-state index in [9.17, 15) is 4.79 Å². The predicted octanol–water partition coefficient (Wildman–Crippen LogP) is 2.58. The normalized spacial score (nSPS) is 10.6. The molecule has 18 heavy (non-hydrogen) atoms. The molecule has 0 saturated heterocycles. The second kappa shape index (κ2) is 5.82. The number of nitrogens with zero attached hydrogens (tertiary/aromatic N) is 2. The second-order valence-electron chi connectivity index (χ2n) is 3.91. The number of thiophene rings is 1. The zero-order valence-electron chi connectivity index (χ0n) is 10.6. The van der Waals surface area contributed by atoms with Crippen LogP contribution in [0.4, 0.5) is 5.82 Å². The summed E-state index contributed by atoms with van der Waals surface area (Å²) in [7, 11) is 0. The summed E-state index contributed by atoms with van der Waals surface area (Å²) in [4.78, 5) is 18.0. The Kier molecular flexibility index (Phi) is 4.15. The van der Waals surface area contributed by atoms with Crippen LogP contribution in [0.5, 0.6) is 0 Å². The van der Waals surface area contributed by atoms with Gasteiger partial charge >= 0.3 is 0 Å². The number of pyridine rings is 1. The summed E-state index contributed by atoms with van der Waals surface area (Å²) in [5.74, 6) is 0.892. The molecule has 0 aromatic carbocycles. The molecule has 0 atom stereocenters. The number of fused-ring (bicyclic) bond motifs is 1. The van der Waals surface area contributed by atoms with Gasteiger partial charge in [-0.3, -0.25) is 4.79 Å². The molecule has 0 unspecified atom stereocenters. The van der Waals surface area contributed by atoms with Gasteiger partial charge in [-0.05, 0) is 31.4 Å². The number of rotatable bonds is 5. The van der Waals surface area contributed by atoms with Crippen LogP contribution in [0.1, 0.15) is 13.8 Å². The fourth-order valence-electron chi connectivity index (χ4n) is 1.88. The summed E-state index contributed by atoms with van der Waals surface area (Å²) >= 11 is 1.68. The number of nitrogens with one attached hydrogen (secondary N) is 1. The third kappa shape index (κ3) is 2.61. The summed E-state index contributed by atoms with van der Waals surface area (Å²) in [5.41, 5.74) is 0. The quantitative estimate of drug-likeness (QED) is 0.901. The molecule has 2 aromatic rings. The molecule has 2 heterocycles. The summed E-state index contributed by atoms with van der Waals surface area (Å²) in [6.45, 7) is 5.75. The maximum atomic E-state index is 11.9. The smallest absolute Gasteiger partial charge is 0.241 e. The van der Waals surface area contributed by atoms with Crippen molar-refractivity contribution in [1.82, 2.24) is 9.88 Å². The molecule has 0 aliphatic heterocycles. The first-order valence-electron chi connectivity index (χ1n) is 6.10.